The van der Waals surface area contributed by atoms with Crippen molar-refractivity contribution >= 4 is 5.97 Å². The number of hydrogen-bond acceptors (Lipinski definition) is 4. The first-order chi connectivity index (χ1) is 9.12. The third-order valence-corrected chi connectivity index (χ3v) is 4.43. The fourth-order valence-electron chi connectivity index (χ4n) is 3.34. The molecular formula is C15H16O4. The van der Waals surface area contributed by atoms with Crippen molar-refractivity contribution in [3.63, 3.8) is 0 Å². The summed E-state index contributed by atoms with van der Waals surface area (Å²) in [6.45, 7) is 4.08. The zero-order valence-electron chi connectivity index (χ0n) is 11.1. The van der Waals surface area contributed by atoms with Crippen molar-refractivity contribution in [2.24, 2.45) is 0 Å². The maximum Gasteiger partial charge on any atom is 0.342 e. The number of carbonyl (C=O) groups is 1. The minimum absolute atomic E-state index is 0.123. The van der Waals surface area contributed by atoms with Crippen molar-refractivity contribution in [3.05, 3.63) is 34.8 Å². The van der Waals surface area contributed by atoms with Crippen LogP contribution in [0.5, 0.6) is 0 Å². The molecule has 19 heavy (non-hydrogen) atoms. The third kappa shape index (κ3) is 1.40. The van der Waals surface area contributed by atoms with E-state index in [1.807, 2.05) is 6.92 Å². The molecule has 0 saturated carbocycles. The molecule has 2 aliphatic heterocycles. The van der Waals surface area contributed by atoms with Crippen molar-refractivity contribution in [1.82, 2.24) is 0 Å². The number of esters is 1. The number of aryl methyl sites for hydroxylation is 1. The second kappa shape index (κ2) is 3.51. The SMILES string of the molecule is CC1=CCC[C@@]23O[C@H]2[C@H](OC3=O)c2c(C)coc2C1. The lowest BCUT2D eigenvalue weighted by Crippen LogP contribution is -2.22. The third-order valence-electron chi connectivity index (χ3n) is 4.43. The molecule has 2 saturated heterocycles. The molecule has 100 valence electrons. The Bertz CT molecular complexity index is 597. The quantitative estimate of drug-likeness (QED) is 0.409. The van der Waals surface area contributed by atoms with Gasteiger partial charge in [0.2, 0.25) is 0 Å². The van der Waals surface area contributed by atoms with E-state index in [2.05, 4.69) is 13.0 Å². The van der Waals surface area contributed by atoms with Gasteiger partial charge < -0.3 is 13.9 Å². The van der Waals surface area contributed by atoms with Gasteiger partial charge in [-0.2, -0.15) is 0 Å². The van der Waals surface area contributed by atoms with Crippen LogP contribution in [-0.4, -0.2) is 17.7 Å². The molecule has 3 aliphatic rings. The number of allylic oxidation sites excluding steroid dienone is 2. The van der Waals surface area contributed by atoms with Crippen LogP contribution in [-0.2, 0) is 20.7 Å². The van der Waals surface area contributed by atoms with Gasteiger partial charge in [0.05, 0.1) is 6.26 Å². The summed E-state index contributed by atoms with van der Waals surface area (Å²) in [5.74, 6) is 0.694. The van der Waals surface area contributed by atoms with Crippen molar-refractivity contribution in [2.75, 3.05) is 0 Å². The molecule has 1 aliphatic carbocycles. The zero-order valence-corrected chi connectivity index (χ0v) is 11.1. The number of carbonyl (C=O) groups excluding carboxylic acids is 1. The van der Waals surface area contributed by atoms with Gasteiger partial charge in [0, 0.05) is 12.0 Å². The summed E-state index contributed by atoms with van der Waals surface area (Å²) >= 11 is 0. The van der Waals surface area contributed by atoms with E-state index in [4.69, 9.17) is 13.9 Å². The standard InChI is InChI=1S/C15H16O4/c1-8-4-3-5-15-13(19-15)12(18-14(15)16)11-9(2)7-17-10(11)6-8/h4,7,12-13H,3,5-6H2,1-2H3/t12-,13+,15-/m1/s1. The van der Waals surface area contributed by atoms with Crippen LogP contribution in [0.15, 0.2) is 22.3 Å². The summed E-state index contributed by atoms with van der Waals surface area (Å²) < 4.78 is 16.9. The Labute approximate surface area is 111 Å². The lowest BCUT2D eigenvalue weighted by molar-refractivity contribution is -0.154. The second-order valence-corrected chi connectivity index (χ2v) is 5.78. The second-order valence-electron chi connectivity index (χ2n) is 5.78. The Hall–Kier alpha value is -1.55. The van der Waals surface area contributed by atoms with E-state index in [-0.39, 0.29) is 18.2 Å². The lowest BCUT2D eigenvalue weighted by Gasteiger charge is -2.13. The Morgan fingerprint density at radius 2 is 2.21 bits per heavy atom. The maximum absolute atomic E-state index is 12.1. The Morgan fingerprint density at radius 3 is 3.00 bits per heavy atom. The van der Waals surface area contributed by atoms with E-state index in [1.54, 1.807) is 6.26 Å². The van der Waals surface area contributed by atoms with Crippen LogP contribution in [0, 0.1) is 6.92 Å². The predicted octanol–water partition coefficient (Wildman–Crippen LogP) is 2.61. The van der Waals surface area contributed by atoms with E-state index in [9.17, 15) is 4.79 Å². The van der Waals surface area contributed by atoms with Crippen LogP contribution in [0.4, 0.5) is 0 Å². The van der Waals surface area contributed by atoms with Gasteiger partial charge in [0.15, 0.2) is 11.7 Å². The monoisotopic (exact) mass is 260 g/mol. The van der Waals surface area contributed by atoms with Crippen LogP contribution in [0.2, 0.25) is 0 Å². The molecule has 4 nitrogen and oxygen atoms in total. The highest BCUT2D eigenvalue weighted by atomic mass is 16.7. The molecule has 2 bridgehead atoms. The minimum atomic E-state index is -0.681. The Morgan fingerprint density at radius 1 is 1.37 bits per heavy atom. The first kappa shape index (κ1) is 11.3. The van der Waals surface area contributed by atoms with E-state index in [0.29, 0.717) is 0 Å². The van der Waals surface area contributed by atoms with Gasteiger partial charge in [0.25, 0.3) is 0 Å². The summed E-state index contributed by atoms with van der Waals surface area (Å²) in [6.07, 6.45) is 5.84. The summed E-state index contributed by atoms with van der Waals surface area (Å²) in [6, 6.07) is 0. The van der Waals surface area contributed by atoms with Gasteiger partial charge >= 0.3 is 5.97 Å². The van der Waals surface area contributed by atoms with E-state index in [0.717, 1.165) is 36.1 Å². The summed E-state index contributed by atoms with van der Waals surface area (Å²) in [5, 5.41) is 0. The number of furan rings is 1. The van der Waals surface area contributed by atoms with E-state index >= 15 is 0 Å². The van der Waals surface area contributed by atoms with E-state index in [1.165, 1.54) is 5.57 Å². The normalized spacial score (nSPS) is 36.1. The molecule has 0 spiro atoms. The van der Waals surface area contributed by atoms with Crippen LogP contribution in [0.1, 0.15) is 42.8 Å². The lowest BCUT2D eigenvalue weighted by atomic mass is 9.91. The number of ether oxygens (including phenoxy) is 2. The van der Waals surface area contributed by atoms with E-state index < -0.39 is 5.60 Å². The molecule has 0 aromatic carbocycles. The first-order valence-electron chi connectivity index (χ1n) is 6.73. The summed E-state index contributed by atoms with van der Waals surface area (Å²) in [5.41, 5.74) is 2.62. The number of epoxide rings is 1. The average molecular weight is 260 g/mol. The Kier molecular flexibility index (Phi) is 2.09. The number of fused-ring (bicyclic) bond motifs is 2. The van der Waals surface area contributed by atoms with Crippen LogP contribution >= 0.6 is 0 Å². The summed E-state index contributed by atoms with van der Waals surface area (Å²) in [4.78, 5) is 12.1. The van der Waals surface area contributed by atoms with Gasteiger partial charge in [-0.1, -0.05) is 11.6 Å². The van der Waals surface area contributed by atoms with Crippen molar-refractivity contribution in [3.8, 4) is 0 Å². The molecule has 4 rings (SSSR count). The molecule has 3 heterocycles. The maximum atomic E-state index is 12.1. The fourth-order valence-corrected chi connectivity index (χ4v) is 3.34. The van der Waals surface area contributed by atoms with Crippen molar-refractivity contribution < 1.29 is 18.7 Å². The molecule has 1 aromatic rings. The molecule has 0 radical (unpaired) electrons. The van der Waals surface area contributed by atoms with Crippen LogP contribution in [0.3, 0.4) is 0 Å². The van der Waals surface area contributed by atoms with Gasteiger partial charge in [0.1, 0.15) is 11.9 Å². The summed E-state index contributed by atoms with van der Waals surface area (Å²) in [7, 11) is 0. The molecule has 2 fully saturated rings. The molecule has 0 amide bonds. The van der Waals surface area contributed by atoms with Crippen LogP contribution in [0.25, 0.3) is 0 Å². The number of rotatable bonds is 0. The minimum Gasteiger partial charge on any atom is -0.468 e. The van der Waals surface area contributed by atoms with Gasteiger partial charge in [-0.05, 0) is 32.3 Å². The molecule has 1 aromatic heterocycles. The highest BCUT2D eigenvalue weighted by molar-refractivity contribution is 5.87. The van der Waals surface area contributed by atoms with Gasteiger partial charge in [-0.3, -0.25) is 0 Å². The smallest absolute Gasteiger partial charge is 0.342 e. The molecule has 4 heteroatoms. The molecule has 3 atom stereocenters. The van der Waals surface area contributed by atoms with Crippen molar-refractivity contribution in [2.45, 2.75) is 50.9 Å². The van der Waals surface area contributed by atoms with Gasteiger partial charge in [-0.25, -0.2) is 4.79 Å². The largest absolute Gasteiger partial charge is 0.468 e. The first-order valence-corrected chi connectivity index (χ1v) is 6.73. The molecular weight excluding hydrogens is 244 g/mol. The zero-order chi connectivity index (χ0) is 13.2. The highest BCUT2D eigenvalue weighted by Crippen LogP contribution is 2.57. The van der Waals surface area contributed by atoms with Crippen molar-refractivity contribution in [1.29, 1.82) is 0 Å². The topological polar surface area (TPSA) is 52.0 Å². The average Bonchev–Trinajstić information content (AvgIpc) is 2.91. The fraction of sp³-hybridized carbons (Fsp3) is 0.533. The van der Waals surface area contributed by atoms with Gasteiger partial charge in [-0.15, -0.1) is 0 Å². The molecule has 0 N–H and O–H groups in total. The Balaban J connectivity index is 1.85. The predicted molar refractivity (Wildman–Crippen MR) is 66.6 cm³/mol. The molecule has 0 unspecified atom stereocenters. The number of hydrogen-bond donors (Lipinski definition) is 0. The van der Waals surface area contributed by atoms with Crippen LogP contribution < -0.4 is 0 Å². The highest BCUT2D eigenvalue weighted by Gasteiger charge is 2.73.